The summed E-state index contributed by atoms with van der Waals surface area (Å²) in [6, 6.07) is 0. The largest absolute Gasteiger partial charge is 0.130 e. The van der Waals surface area contributed by atoms with E-state index >= 15 is 0 Å². The minimum absolute atomic E-state index is 1.18. The monoisotopic (exact) mass is 148 g/mol. The maximum atomic E-state index is 3.20. The first kappa shape index (κ1) is 8.36. The quantitative estimate of drug-likeness (QED) is 0.363. The van der Waals surface area contributed by atoms with Crippen molar-refractivity contribution < 1.29 is 0 Å². The van der Waals surface area contributed by atoms with E-state index in [1.807, 2.05) is 0 Å². The summed E-state index contributed by atoms with van der Waals surface area (Å²) in [5.74, 6) is 0. The Bertz CT molecular complexity index is 152. The van der Waals surface area contributed by atoms with Crippen LogP contribution in [-0.4, -0.2) is 0 Å². The molecule has 0 bridgehead atoms. The first-order valence-corrected chi connectivity index (χ1v) is 4.54. The van der Waals surface area contributed by atoms with E-state index in [1.54, 1.807) is 0 Å². The molecule has 11 heavy (non-hydrogen) atoms. The predicted molar refractivity (Wildman–Crippen MR) is 49.5 cm³/mol. The Morgan fingerprint density at radius 2 is 1.27 bits per heavy atom. The topological polar surface area (TPSA) is 0 Å². The first-order valence-electron chi connectivity index (χ1n) is 4.54. The molecule has 60 valence electrons. The zero-order valence-electron chi connectivity index (χ0n) is 7.05. The summed E-state index contributed by atoms with van der Waals surface area (Å²) in [7, 11) is 0. The van der Waals surface area contributed by atoms with Crippen LogP contribution in [0.5, 0.6) is 0 Å². The fraction of sp³-hybridized carbons (Fsp3) is 0.545. The molecular formula is C11H16. The highest BCUT2D eigenvalue weighted by atomic mass is 13.9. The van der Waals surface area contributed by atoms with Crippen molar-refractivity contribution in [2.24, 2.45) is 0 Å². The Labute approximate surface area is 69.3 Å². The van der Waals surface area contributed by atoms with Gasteiger partial charge in [-0.15, -0.1) is 5.73 Å². The third-order valence-corrected chi connectivity index (χ3v) is 1.84. The highest BCUT2D eigenvalue weighted by molar-refractivity contribution is 4.89. The molecule has 1 aliphatic rings. The van der Waals surface area contributed by atoms with Gasteiger partial charge in [-0.3, -0.25) is 0 Å². The average Bonchev–Trinajstić information content (AvgIpc) is 2.08. The third-order valence-electron chi connectivity index (χ3n) is 1.84. The predicted octanol–water partition coefficient (Wildman–Crippen LogP) is 3.61. The van der Waals surface area contributed by atoms with Gasteiger partial charge >= 0.3 is 0 Å². The number of hydrogen-bond acceptors (Lipinski definition) is 0. The number of hydrogen-bond donors (Lipinski definition) is 0. The van der Waals surface area contributed by atoms with Crippen LogP contribution in [0.15, 0.2) is 30.0 Å². The Morgan fingerprint density at radius 1 is 0.727 bits per heavy atom. The van der Waals surface area contributed by atoms with Gasteiger partial charge in [0, 0.05) is 0 Å². The zero-order chi connectivity index (χ0) is 7.78. The first-order chi connectivity index (χ1) is 5.50. The van der Waals surface area contributed by atoms with Crippen molar-refractivity contribution in [1.82, 2.24) is 0 Å². The molecule has 0 N–H and O–H groups in total. The van der Waals surface area contributed by atoms with Gasteiger partial charge in [0.2, 0.25) is 0 Å². The van der Waals surface area contributed by atoms with Gasteiger partial charge in [0.1, 0.15) is 0 Å². The lowest BCUT2D eigenvalue weighted by molar-refractivity contribution is 0.849. The van der Waals surface area contributed by atoms with Gasteiger partial charge in [0.15, 0.2) is 0 Å². The molecule has 0 heterocycles. The molecule has 0 saturated heterocycles. The van der Waals surface area contributed by atoms with Crippen LogP contribution in [0.2, 0.25) is 0 Å². The van der Waals surface area contributed by atoms with E-state index in [4.69, 9.17) is 0 Å². The van der Waals surface area contributed by atoms with Crippen LogP contribution in [0.3, 0.4) is 0 Å². The van der Waals surface area contributed by atoms with E-state index in [9.17, 15) is 0 Å². The summed E-state index contributed by atoms with van der Waals surface area (Å²) in [4.78, 5) is 0. The molecule has 1 rings (SSSR count). The fourth-order valence-corrected chi connectivity index (χ4v) is 1.16. The number of rotatable bonds is 0. The molecule has 0 saturated carbocycles. The van der Waals surface area contributed by atoms with E-state index in [-0.39, 0.29) is 0 Å². The third kappa shape index (κ3) is 4.64. The molecule has 0 spiro atoms. The molecule has 0 fully saturated rings. The summed E-state index contributed by atoms with van der Waals surface area (Å²) in [5.41, 5.74) is 3.20. The summed E-state index contributed by atoms with van der Waals surface area (Å²) in [6.45, 7) is 0. The van der Waals surface area contributed by atoms with E-state index in [1.165, 1.54) is 38.5 Å². The maximum Gasteiger partial charge on any atom is -0.0272 e. The molecule has 0 amide bonds. The van der Waals surface area contributed by atoms with Crippen LogP contribution in [0.1, 0.15) is 38.5 Å². The van der Waals surface area contributed by atoms with Gasteiger partial charge in [-0.2, -0.15) is 0 Å². The van der Waals surface area contributed by atoms with Crippen molar-refractivity contribution in [2.45, 2.75) is 38.5 Å². The zero-order valence-corrected chi connectivity index (χ0v) is 7.05. The molecule has 0 unspecified atom stereocenters. The molecule has 0 aliphatic heterocycles. The second-order valence-corrected chi connectivity index (χ2v) is 2.91. The Kier molecular flexibility index (Phi) is 4.56. The van der Waals surface area contributed by atoms with Crippen LogP contribution >= 0.6 is 0 Å². The summed E-state index contributed by atoms with van der Waals surface area (Å²) >= 11 is 0. The second kappa shape index (κ2) is 6.00. The highest BCUT2D eigenvalue weighted by Crippen LogP contribution is 2.03. The lowest BCUT2D eigenvalue weighted by Gasteiger charge is -1.88. The molecule has 0 heteroatoms. The Morgan fingerprint density at radius 3 is 1.82 bits per heavy atom. The van der Waals surface area contributed by atoms with Gasteiger partial charge < -0.3 is 0 Å². The lowest BCUT2D eigenvalue weighted by atomic mass is 10.2. The molecule has 1 aliphatic carbocycles. The fourth-order valence-electron chi connectivity index (χ4n) is 1.16. The van der Waals surface area contributed by atoms with Crippen molar-refractivity contribution in [3.05, 3.63) is 30.0 Å². The molecule has 0 nitrogen and oxygen atoms in total. The number of allylic oxidation sites excluding steroid dienone is 3. The van der Waals surface area contributed by atoms with Crippen LogP contribution in [0.25, 0.3) is 0 Å². The summed E-state index contributed by atoms with van der Waals surface area (Å²) in [6.07, 6.45) is 16.3. The molecule has 0 atom stereocenters. The van der Waals surface area contributed by atoms with Gasteiger partial charge in [-0.1, -0.05) is 12.2 Å². The minimum atomic E-state index is 1.18. The lowest BCUT2D eigenvalue weighted by Crippen LogP contribution is -1.69. The highest BCUT2D eigenvalue weighted by Gasteiger charge is 1.83. The van der Waals surface area contributed by atoms with Crippen molar-refractivity contribution in [3.63, 3.8) is 0 Å². The molecule has 0 aromatic rings. The SMILES string of the molecule is C1=CCCC/C=C\CCCC=1. The molecule has 0 radical (unpaired) electrons. The smallest absolute Gasteiger partial charge is 0.0272 e. The van der Waals surface area contributed by atoms with Crippen LogP contribution in [0.4, 0.5) is 0 Å². The van der Waals surface area contributed by atoms with Gasteiger partial charge in [-0.05, 0) is 50.7 Å². The van der Waals surface area contributed by atoms with E-state index in [0.29, 0.717) is 0 Å². The Hall–Kier alpha value is -0.740. The molecule has 0 aromatic carbocycles. The second-order valence-electron chi connectivity index (χ2n) is 2.91. The Balaban J connectivity index is 2.34. The van der Waals surface area contributed by atoms with Crippen LogP contribution in [-0.2, 0) is 0 Å². The van der Waals surface area contributed by atoms with Crippen LogP contribution < -0.4 is 0 Å². The van der Waals surface area contributed by atoms with Gasteiger partial charge in [-0.25, -0.2) is 0 Å². The van der Waals surface area contributed by atoms with Crippen molar-refractivity contribution >= 4 is 0 Å². The van der Waals surface area contributed by atoms with E-state index in [2.05, 4.69) is 30.0 Å². The molecule has 0 aromatic heterocycles. The van der Waals surface area contributed by atoms with Gasteiger partial charge in [0.25, 0.3) is 0 Å². The van der Waals surface area contributed by atoms with E-state index in [0.717, 1.165) is 0 Å². The minimum Gasteiger partial charge on any atom is -0.130 e. The summed E-state index contributed by atoms with van der Waals surface area (Å²) in [5, 5.41) is 0. The van der Waals surface area contributed by atoms with Crippen molar-refractivity contribution in [3.8, 4) is 0 Å². The molecular weight excluding hydrogens is 132 g/mol. The van der Waals surface area contributed by atoms with Gasteiger partial charge in [0.05, 0.1) is 0 Å². The van der Waals surface area contributed by atoms with Crippen LogP contribution in [0, 0.1) is 0 Å². The standard InChI is InChI=1S/C11H16/c1-2-4-6-8-10-11-9-7-5-3-1/h1-2,9-10H,3-8H2/b2-1-. The van der Waals surface area contributed by atoms with Crippen molar-refractivity contribution in [2.75, 3.05) is 0 Å². The van der Waals surface area contributed by atoms with Crippen molar-refractivity contribution in [1.29, 1.82) is 0 Å². The normalized spacial score (nSPS) is 22.5. The summed E-state index contributed by atoms with van der Waals surface area (Å²) < 4.78 is 0. The van der Waals surface area contributed by atoms with E-state index < -0.39 is 0 Å². The average molecular weight is 148 g/mol. The maximum absolute atomic E-state index is 3.20.